The number of anilines is 1. The maximum absolute atomic E-state index is 6.07. The lowest BCUT2D eigenvalue weighted by atomic mass is 10.2. The molecule has 1 saturated heterocycles. The van der Waals surface area contributed by atoms with Crippen molar-refractivity contribution in [3.8, 4) is 0 Å². The normalized spacial score (nSPS) is 21.3. The Morgan fingerprint density at radius 1 is 1.11 bits per heavy atom. The number of nitrogens with zero attached hydrogens (tertiary/aromatic N) is 4. The first kappa shape index (κ1) is 12.5. The quantitative estimate of drug-likeness (QED) is 0.854. The smallest absolute Gasteiger partial charge is 0.175 e. The van der Waals surface area contributed by atoms with E-state index in [4.69, 9.17) is 23.2 Å². The van der Waals surface area contributed by atoms with E-state index in [1.165, 1.54) is 19.4 Å². The van der Waals surface area contributed by atoms with Crippen LogP contribution in [-0.4, -0.2) is 47.8 Å². The Hall–Kier alpha value is -0.580. The predicted molar refractivity (Wildman–Crippen MR) is 73.4 cm³/mol. The van der Waals surface area contributed by atoms with Crippen LogP contribution in [0.3, 0.4) is 0 Å². The van der Waals surface area contributed by atoms with Crippen LogP contribution in [-0.2, 0) is 0 Å². The second-order valence-electron chi connectivity index (χ2n) is 5.07. The fraction of sp³-hybridized carbons (Fsp3) is 0.667. The second-order valence-corrected chi connectivity index (χ2v) is 5.82. The van der Waals surface area contributed by atoms with E-state index in [0.717, 1.165) is 37.8 Å². The molecule has 1 aliphatic heterocycles. The highest BCUT2D eigenvalue weighted by molar-refractivity contribution is 6.33. The van der Waals surface area contributed by atoms with Gasteiger partial charge in [-0.15, -0.1) is 10.2 Å². The van der Waals surface area contributed by atoms with Gasteiger partial charge in [0.2, 0.25) is 0 Å². The molecule has 2 aliphatic rings. The van der Waals surface area contributed by atoms with Crippen LogP contribution in [0.15, 0.2) is 6.07 Å². The van der Waals surface area contributed by atoms with Crippen molar-refractivity contribution < 1.29 is 0 Å². The number of hydrogen-bond donors (Lipinski definition) is 0. The molecule has 0 radical (unpaired) electrons. The third kappa shape index (κ3) is 2.87. The van der Waals surface area contributed by atoms with Crippen molar-refractivity contribution in [2.45, 2.75) is 12.8 Å². The zero-order chi connectivity index (χ0) is 12.5. The summed E-state index contributed by atoms with van der Waals surface area (Å²) in [6.07, 6.45) is 2.83. The number of aromatic nitrogens is 2. The molecule has 0 N–H and O–H groups in total. The van der Waals surface area contributed by atoms with Crippen LogP contribution in [0.5, 0.6) is 0 Å². The van der Waals surface area contributed by atoms with Crippen molar-refractivity contribution in [1.82, 2.24) is 15.1 Å². The summed E-state index contributed by atoms with van der Waals surface area (Å²) in [4.78, 5) is 4.78. The van der Waals surface area contributed by atoms with Gasteiger partial charge in [-0.3, -0.25) is 4.90 Å². The fourth-order valence-corrected chi connectivity index (χ4v) is 2.76. The van der Waals surface area contributed by atoms with E-state index in [2.05, 4.69) is 20.0 Å². The molecule has 3 rings (SSSR count). The van der Waals surface area contributed by atoms with E-state index in [-0.39, 0.29) is 0 Å². The Bertz CT molecular complexity index is 428. The zero-order valence-corrected chi connectivity index (χ0v) is 11.7. The van der Waals surface area contributed by atoms with E-state index in [1.54, 1.807) is 6.07 Å². The first-order valence-electron chi connectivity index (χ1n) is 6.38. The lowest BCUT2D eigenvalue weighted by Crippen LogP contribution is -2.47. The number of halogens is 2. The highest BCUT2D eigenvalue weighted by Crippen LogP contribution is 2.31. The molecule has 0 aromatic carbocycles. The molecule has 0 bridgehead atoms. The maximum atomic E-state index is 6.07. The van der Waals surface area contributed by atoms with Crippen LogP contribution in [0.25, 0.3) is 0 Å². The molecule has 0 unspecified atom stereocenters. The summed E-state index contributed by atoms with van der Waals surface area (Å²) in [5.41, 5.74) is 0.905. The summed E-state index contributed by atoms with van der Waals surface area (Å²) >= 11 is 11.9. The van der Waals surface area contributed by atoms with E-state index < -0.39 is 0 Å². The van der Waals surface area contributed by atoms with Crippen molar-refractivity contribution >= 4 is 28.9 Å². The minimum absolute atomic E-state index is 0.398. The second kappa shape index (κ2) is 5.19. The van der Waals surface area contributed by atoms with Crippen molar-refractivity contribution in [3.05, 3.63) is 16.4 Å². The number of hydrogen-bond acceptors (Lipinski definition) is 4. The third-order valence-corrected chi connectivity index (χ3v) is 4.08. The molecule has 6 heteroatoms. The molecule has 1 aromatic rings. The number of piperazine rings is 1. The summed E-state index contributed by atoms with van der Waals surface area (Å²) in [6.45, 7) is 5.40. The van der Waals surface area contributed by atoms with Crippen LogP contribution < -0.4 is 4.90 Å². The van der Waals surface area contributed by atoms with Gasteiger partial charge in [-0.2, -0.15) is 0 Å². The summed E-state index contributed by atoms with van der Waals surface area (Å²) < 4.78 is 0. The van der Waals surface area contributed by atoms with Crippen LogP contribution in [0, 0.1) is 5.92 Å². The maximum Gasteiger partial charge on any atom is 0.175 e. The van der Waals surface area contributed by atoms with Crippen LogP contribution in [0.4, 0.5) is 5.69 Å². The van der Waals surface area contributed by atoms with Gasteiger partial charge in [0.05, 0.1) is 5.69 Å². The van der Waals surface area contributed by atoms with Gasteiger partial charge in [-0.25, -0.2) is 0 Å². The Morgan fingerprint density at radius 3 is 2.50 bits per heavy atom. The molecule has 1 aromatic heterocycles. The average molecular weight is 287 g/mol. The van der Waals surface area contributed by atoms with Gasteiger partial charge in [0.1, 0.15) is 0 Å². The number of rotatable bonds is 3. The molecule has 0 atom stereocenters. The van der Waals surface area contributed by atoms with E-state index in [1.807, 2.05) is 0 Å². The zero-order valence-electron chi connectivity index (χ0n) is 10.1. The summed E-state index contributed by atoms with van der Waals surface area (Å²) in [5.74, 6) is 0.956. The van der Waals surface area contributed by atoms with Crippen LogP contribution >= 0.6 is 23.2 Å². The van der Waals surface area contributed by atoms with Gasteiger partial charge in [0.15, 0.2) is 10.3 Å². The Kier molecular flexibility index (Phi) is 3.59. The molecule has 1 aliphatic carbocycles. The molecule has 98 valence electrons. The first-order chi connectivity index (χ1) is 8.72. The molecule has 0 spiro atoms. The standard InChI is InChI=1S/C12H16Cl2N4/c13-11-7-10(12(14)16-15-11)18-5-3-17(4-6-18)8-9-1-2-9/h7,9H,1-6,8H2. The Labute approximate surface area is 117 Å². The third-order valence-electron chi connectivity index (χ3n) is 3.63. The average Bonchev–Trinajstić information content (AvgIpc) is 3.17. The molecule has 1 saturated carbocycles. The molecular weight excluding hydrogens is 271 g/mol. The monoisotopic (exact) mass is 286 g/mol. The van der Waals surface area contributed by atoms with E-state index in [9.17, 15) is 0 Å². The SMILES string of the molecule is Clc1cc(N2CCN(CC3CC3)CC2)c(Cl)nn1. The van der Waals surface area contributed by atoms with E-state index in [0.29, 0.717) is 10.3 Å². The highest BCUT2D eigenvalue weighted by Gasteiger charge is 2.27. The van der Waals surface area contributed by atoms with Crippen molar-refractivity contribution in [1.29, 1.82) is 0 Å². The topological polar surface area (TPSA) is 32.3 Å². The van der Waals surface area contributed by atoms with Crippen LogP contribution in [0.2, 0.25) is 10.3 Å². The molecule has 4 nitrogen and oxygen atoms in total. The lowest BCUT2D eigenvalue weighted by Gasteiger charge is -2.36. The van der Waals surface area contributed by atoms with Gasteiger partial charge < -0.3 is 4.90 Å². The first-order valence-corrected chi connectivity index (χ1v) is 7.14. The fourth-order valence-electron chi connectivity index (χ4n) is 2.40. The highest BCUT2D eigenvalue weighted by atomic mass is 35.5. The van der Waals surface area contributed by atoms with Gasteiger partial charge in [-0.1, -0.05) is 23.2 Å². The Balaban J connectivity index is 1.62. The molecule has 0 amide bonds. The van der Waals surface area contributed by atoms with Crippen molar-refractivity contribution in [2.24, 2.45) is 5.92 Å². The van der Waals surface area contributed by atoms with Crippen molar-refractivity contribution in [2.75, 3.05) is 37.6 Å². The van der Waals surface area contributed by atoms with E-state index >= 15 is 0 Å². The van der Waals surface area contributed by atoms with Gasteiger partial charge >= 0.3 is 0 Å². The van der Waals surface area contributed by atoms with Gasteiger partial charge in [-0.05, 0) is 18.8 Å². The summed E-state index contributed by atoms with van der Waals surface area (Å²) in [7, 11) is 0. The van der Waals surface area contributed by atoms with Gasteiger partial charge in [0, 0.05) is 38.8 Å². The Morgan fingerprint density at radius 2 is 1.83 bits per heavy atom. The summed E-state index contributed by atoms with van der Waals surface area (Å²) in [5, 5.41) is 8.44. The lowest BCUT2D eigenvalue weighted by molar-refractivity contribution is 0.248. The van der Waals surface area contributed by atoms with Gasteiger partial charge in [0.25, 0.3) is 0 Å². The minimum atomic E-state index is 0.398. The van der Waals surface area contributed by atoms with Crippen molar-refractivity contribution in [3.63, 3.8) is 0 Å². The predicted octanol–water partition coefficient (Wildman–Crippen LogP) is 2.32. The largest absolute Gasteiger partial charge is 0.366 e. The summed E-state index contributed by atoms with van der Waals surface area (Å²) in [6, 6.07) is 1.80. The molecule has 2 fully saturated rings. The molecular formula is C12H16Cl2N4. The molecule has 2 heterocycles. The minimum Gasteiger partial charge on any atom is -0.366 e. The molecule has 18 heavy (non-hydrogen) atoms. The van der Waals surface area contributed by atoms with Crippen LogP contribution in [0.1, 0.15) is 12.8 Å².